The molecule has 2 aromatic carbocycles. The van der Waals surface area contributed by atoms with Gasteiger partial charge in [-0.15, -0.1) is 0 Å². The maximum Gasteiger partial charge on any atom is 0.226 e. The van der Waals surface area contributed by atoms with Gasteiger partial charge in [0.25, 0.3) is 0 Å². The molecule has 0 spiro atoms. The van der Waals surface area contributed by atoms with Crippen molar-refractivity contribution in [1.29, 1.82) is 0 Å². The summed E-state index contributed by atoms with van der Waals surface area (Å²) in [5, 5.41) is 7.71. The Hall–Kier alpha value is -3.41. The molecule has 2 amide bonds. The minimum atomic E-state index is -0.182. The first-order chi connectivity index (χ1) is 15.1. The number of anilines is 1. The topological polar surface area (TPSA) is 67.2 Å². The normalized spacial score (nSPS) is 13.8. The summed E-state index contributed by atoms with van der Waals surface area (Å²) in [5.41, 5.74) is 3.74. The van der Waals surface area contributed by atoms with Gasteiger partial charge < -0.3 is 10.2 Å². The number of likely N-dealkylation sites (tertiary alicyclic amines) is 1. The van der Waals surface area contributed by atoms with Gasteiger partial charge in [0.1, 0.15) is 5.82 Å². The van der Waals surface area contributed by atoms with Gasteiger partial charge in [-0.1, -0.05) is 42.5 Å². The van der Waals surface area contributed by atoms with Crippen molar-refractivity contribution in [3.8, 4) is 16.9 Å². The van der Waals surface area contributed by atoms with E-state index < -0.39 is 0 Å². The van der Waals surface area contributed by atoms with Crippen LogP contribution in [0.3, 0.4) is 0 Å². The van der Waals surface area contributed by atoms with Crippen molar-refractivity contribution in [3.05, 3.63) is 66.2 Å². The van der Waals surface area contributed by atoms with Gasteiger partial charge in [0.2, 0.25) is 11.8 Å². The van der Waals surface area contributed by atoms with Crippen molar-refractivity contribution < 1.29 is 9.59 Å². The zero-order valence-electron chi connectivity index (χ0n) is 17.9. The van der Waals surface area contributed by atoms with E-state index in [1.165, 1.54) is 6.42 Å². The molecule has 160 valence electrons. The molecule has 31 heavy (non-hydrogen) atoms. The standard InChI is InChI=1S/C25H28N4O2/c1-19-9-8-12-21(17-19)29-23(18-22(27-29)20-10-4-2-5-11-20)26-24(30)13-14-25(31)28-15-6-3-7-16-28/h2,4-5,8-12,17-18H,3,6-7,13-16H2,1H3,(H,26,30). The summed E-state index contributed by atoms with van der Waals surface area (Å²) in [5.74, 6) is 0.477. The zero-order valence-corrected chi connectivity index (χ0v) is 17.9. The first kappa shape index (κ1) is 20.8. The molecule has 2 heterocycles. The number of rotatable bonds is 6. The molecule has 3 aromatic rings. The van der Waals surface area contributed by atoms with Crippen LogP contribution < -0.4 is 5.32 Å². The number of nitrogens with one attached hydrogen (secondary N) is 1. The summed E-state index contributed by atoms with van der Waals surface area (Å²) in [6.07, 6.45) is 3.67. The van der Waals surface area contributed by atoms with Crippen LogP contribution in [0.2, 0.25) is 0 Å². The number of aromatic nitrogens is 2. The van der Waals surface area contributed by atoms with Gasteiger partial charge in [-0.05, 0) is 43.9 Å². The molecular weight excluding hydrogens is 388 g/mol. The molecule has 1 aliphatic rings. The van der Waals surface area contributed by atoms with Gasteiger partial charge >= 0.3 is 0 Å². The number of piperidine rings is 1. The van der Waals surface area contributed by atoms with E-state index >= 15 is 0 Å². The number of carbonyl (C=O) groups is 2. The number of hydrogen-bond acceptors (Lipinski definition) is 3. The molecule has 0 atom stereocenters. The van der Waals surface area contributed by atoms with E-state index in [0.717, 1.165) is 48.4 Å². The quantitative estimate of drug-likeness (QED) is 0.640. The lowest BCUT2D eigenvalue weighted by atomic mass is 10.1. The first-order valence-electron chi connectivity index (χ1n) is 10.9. The van der Waals surface area contributed by atoms with Crippen molar-refractivity contribution >= 4 is 17.6 Å². The van der Waals surface area contributed by atoms with Crippen LogP contribution in [-0.2, 0) is 9.59 Å². The van der Waals surface area contributed by atoms with E-state index in [9.17, 15) is 9.59 Å². The molecule has 0 radical (unpaired) electrons. The molecule has 1 N–H and O–H groups in total. The second kappa shape index (κ2) is 9.60. The van der Waals surface area contributed by atoms with Crippen LogP contribution in [0.1, 0.15) is 37.7 Å². The van der Waals surface area contributed by atoms with E-state index in [2.05, 4.69) is 5.32 Å². The van der Waals surface area contributed by atoms with E-state index in [1.807, 2.05) is 72.5 Å². The Kier molecular flexibility index (Phi) is 6.46. The van der Waals surface area contributed by atoms with E-state index in [1.54, 1.807) is 4.68 Å². The molecule has 6 heteroatoms. The van der Waals surface area contributed by atoms with Gasteiger partial charge in [-0.2, -0.15) is 5.10 Å². The fraction of sp³-hybridized carbons (Fsp3) is 0.320. The SMILES string of the molecule is Cc1cccc(-n2nc(-c3ccccc3)cc2NC(=O)CCC(=O)N2CCCCC2)c1. The summed E-state index contributed by atoms with van der Waals surface area (Å²) < 4.78 is 1.75. The fourth-order valence-corrected chi connectivity index (χ4v) is 3.90. The lowest BCUT2D eigenvalue weighted by Gasteiger charge is -2.26. The number of amides is 2. The third-order valence-electron chi connectivity index (χ3n) is 5.57. The summed E-state index contributed by atoms with van der Waals surface area (Å²) in [7, 11) is 0. The van der Waals surface area contributed by atoms with Crippen molar-refractivity contribution in [1.82, 2.24) is 14.7 Å². The van der Waals surface area contributed by atoms with Gasteiger partial charge in [0, 0.05) is 37.6 Å². The molecule has 1 aliphatic heterocycles. The van der Waals surface area contributed by atoms with Gasteiger partial charge in [0.05, 0.1) is 11.4 Å². The summed E-state index contributed by atoms with van der Waals surface area (Å²) in [6, 6.07) is 19.7. The Morgan fingerprint density at radius 2 is 1.71 bits per heavy atom. The molecular formula is C25H28N4O2. The zero-order chi connectivity index (χ0) is 21.6. The lowest BCUT2D eigenvalue weighted by molar-refractivity contribution is -0.133. The number of benzene rings is 2. The second-order valence-corrected chi connectivity index (χ2v) is 8.02. The summed E-state index contributed by atoms with van der Waals surface area (Å²) in [6.45, 7) is 3.64. The Morgan fingerprint density at radius 3 is 2.45 bits per heavy atom. The monoisotopic (exact) mass is 416 g/mol. The van der Waals surface area contributed by atoms with Crippen molar-refractivity contribution in [2.24, 2.45) is 0 Å². The minimum Gasteiger partial charge on any atom is -0.343 e. The third-order valence-corrected chi connectivity index (χ3v) is 5.57. The van der Waals surface area contributed by atoms with Crippen LogP contribution in [0.15, 0.2) is 60.7 Å². The van der Waals surface area contributed by atoms with Gasteiger partial charge in [0.15, 0.2) is 0 Å². The highest BCUT2D eigenvalue weighted by Crippen LogP contribution is 2.25. The number of hydrogen-bond donors (Lipinski definition) is 1. The maximum atomic E-state index is 12.7. The van der Waals surface area contributed by atoms with Crippen LogP contribution in [0.5, 0.6) is 0 Å². The van der Waals surface area contributed by atoms with Gasteiger partial charge in [-0.25, -0.2) is 4.68 Å². The largest absolute Gasteiger partial charge is 0.343 e. The number of carbonyl (C=O) groups excluding carboxylic acids is 2. The first-order valence-corrected chi connectivity index (χ1v) is 10.9. The van der Waals surface area contributed by atoms with Crippen molar-refractivity contribution in [2.45, 2.75) is 39.0 Å². The average Bonchev–Trinajstić information content (AvgIpc) is 3.22. The fourth-order valence-electron chi connectivity index (χ4n) is 3.90. The molecule has 0 aliphatic carbocycles. The predicted molar refractivity (Wildman–Crippen MR) is 122 cm³/mol. The number of aryl methyl sites for hydroxylation is 1. The average molecular weight is 417 g/mol. The molecule has 6 nitrogen and oxygen atoms in total. The molecule has 1 aromatic heterocycles. The van der Waals surface area contributed by atoms with E-state index in [0.29, 0.717) is 5.82 Å². The van der Waals surface area contributed by atoms with Crippen molar-refractivity contribution in [2.75, 3.05) is 18.4 Å². The van der Waals surface area contributed by atoms with Crippen LogP contribution in [0, 0.1) is 6.92 Å². The van der Waals surface area contributed by atoms with Crippen LogP contribution in [0.4, 0.5) is 5.82 Å². The van der Waals surface area contributed by atoms with Crippen molar-refractivity contribution in [3.63, 3.8) is 0 Å². The highest BCUT2D eigenvalue weighted by molar-refractivity contribution is 5.93. The Labute approximate surface area is 182 Å². The second-order valence-electron chi connectivity index (χ2n) is 8.02. The molecule has 0 unspecified atom stereocenters. The smallest absolute Gasteiger partial charge is 0.226 e. The number of nitrogens with zero attached hydrogens (tertiary/aromatic N) is 3. The van der Waals surface area contributed by atoms with E-state index in [-0.39, 0.29) is 24.7 Å². The molecule has 1 saturated heterocycles. The highest BCUT2D eigenvalue weighted by atomic mass is 16.2. The third kappa shape index (κ3) is 5.20. The summed E-state index contributed by atoms with van der Waals surface area (Å²) >= 11 is 0. The Morgan fingerprint density at radius 1 is 0.935 bits per heavy atom. The highest BCUT2D eigenvalue weighted by Gasteiger charge is 2.19. The molecule has 1 fully saturated rings. The molecule has 0 bridgehead atoms. The van der Waals surface area contributed by atoms with Crippen LogP contribution in [0.25, 0.3) is 16.9 Å². The van der Waals surface area contributed by atoms with Crippen LogP contribution >= 0.6 is 0 Å². The predicted octanol–water partition coefficient (Wildman–Crippen LogP) is 4.58. The lowest BCUT2D eigenvalue weighted by Crippen LogP contribution is -2.36. The molecule has 4 rings (SSSR count). The molecule has 0 saturated carbocycles. The van der Waals surface area contributed by atoms with E-state index in [4.69, 9.17) is 5.10 Å². The van der Waals surface area contributed by atoms with Gasteiger partial charge in [-0.3, -0.25) is 9.59 Å². The maximum absolute atomic E-state index is 12.7. The Balaban J connectivity index is 1.51. The Bertz CT molecular complexity index is 1050. The van der Waals surface area contributed by atoms with Crippen LogP contribution in [-0.4, -0.2) is 39.6 Å². The summed E-state index contributed by atoms with van der Waals surface area (Å²) in [4.78, 5) is 26.9. The minimum absolute atomic E-state index is 0.0621.